The minimum atomic E-state index is -2.55. The van der Waals surface area contributed by atoms with Crippen LogP contribution in [0, 0.1) is 0 Å². The Hall–Kier alpha value is 1.93. The molecule has 0 aliphatic rings. The molecular formula is C16H36BrCl3NRh+. The van der Waals surface area contributed by atoms with Crippen LogP contribution in [0.15, 0.2) is 0 Å². The molecular weight excluding hydrogens is 495 g/mol. The van der Waals surface area contributed by atoms with Gasteiger partial charge in [0.1, 0.15) is 0 Å². The van der Waals surface area contributed by atoms with Crippen molar-refractivity contribution in [1.82, 2.24) is 0 Å². The van der Waals surface area contributed by atoms with Crippen molar-refractivity contribution in [3.63, 3.8) is 0 Å². The van der Waals surface area contributed by atoms with Crippen LogP contribution in [0.5, 0.6) is 0 Å². The van der Waals surface area contributed by atoms with Gasteiger partial charge in [0.15, 0.2) is 0 Å². The molecule has 0 N–H and O–H groups in total. The van der Waals surface area contributed by atoms with Crippen molar-refractivity contribution in [2.75, 3.05) is 26.2 Å². The number of rotatable bonds is 12. The zero-order valence-electron chi connectivity index (χ0n) is 14.8. The Balaban J connectivity index is 0. The molecule has 0 heterocycles. The summed E-state index contributed by atoms with van der Waals surface area (Å²) < 4.78 is 1.42. The first kappa shape index (κ1) is 26.2. The third kappa shape index (κ3) is 20.0. The maximum atomic E-state index is 5.14. The SMILES string of the molecule is CCCC[N+](CCCC)(CCCC)CCCC.[Cl][Rh]([Cl])([Cl])[Br]. The van der Waals surface area contributed by atoms with E-state index in [1.807, 2.05) is 0 Å². The van der Waals surface area contributed by atoms with Crippen molar-refractivity contribution in [2.45, 2.75) is 79.1 Å². The van der Waals surface area contributed by atoms with Crippen LogP contribution in [0.25, 0.3) is 0 Å². The van der Waals surface area contributed by atoms with Crippen LogP contribution < -0.4 is 0 Å². The van der Waals surface area contributed by atoms with Gasteiger partial charge in [-0.3, -0.25) is 0 Å². The zero-order valence-corrected chi connectivity index (χ0v) is 20.3. The molecule has 22 heavy (non-hydrogen) atoms. The van der Waals surface area contributed by atoms with E-state index in [0.29, 0.717) is 0 Å². The van der Waals surface area contributed by atoms with Gasteiger partial charge in [-0.15, -0.1) is 0 Å². The first-order valence-electron chi connectivity index (χ1n) is 8.60. The molecule has 0 rings (SSSR count). The summed E-state index contributed by atoms with van der Waals surface area (Å²) in [6.45, 7) is 15.0. The molecule has 0 aromatic rings. The molecule has 0 atom stereocenters. The van der Waals surface area contributed by atoms with Gasteiger partial charge in [0.25, 0.3) is 0 Å². The van der Waals surface area contributed by atoms with E-state index in [4.69, 9.17) is 29.1 Å². The van der Waals surface area contributed by atoms with Crippen molar-refractivity contribution in [3.05, 3.63) is 0 Å². The molecule has 0 saturated carbocycles. The number of nitrogens with zero attached hydrogens (tertiary/aromatic N) is 1. The molecule has 0 aliphatic carbocycles. The van der Waals surface area contributed by atoms with Crippen LogP contribution in [0.1, 0.15) is 79.1 Å². The van der Waals surface area contributed by atoms with Gasteiger partial charge >= 0.3 is 52.5 Å². The third-order valence-corrected chi connectivity index (χ3v) is 3.94. The quantitative estimate of drug-likeness (QED) is 0.177. The van der Waals surface area contributed by atoms with E-state index in [9.17, 15) is 0 Å². The molecule has 141 valence electrons. The van der Waals surface area contributed by atoms with Gasteiger partial charge in [-0.05, 0) is 25.7 Å². The van der Waals surface area contributed by atoms with E-state index in [-0.39, 0.29) is 0 Å². The summed E-state index contributed by atoms with van der Waals surface area (Å²) in [7, 11) is 12.9. The number of unbranched alkanes of at least 4 members (excludes halogenated alkanes) is 4. The van der Waals surface area contributed by atoms with Crippen LogP contribution in [-0.2, 0) is 9.84 Å². The summed E-state index contributed by atoms with van der Waals surface area (Å²) in [5.74, 6) is 0. The van der Waals surface area contributed by atoms with Gasteiger partial charge in [-0.2, -0.15) is 0 Å². The van der Waals surface area contributed by atoms with Crippen molar-refractivity contribution in [1.29, 1.82) is 0 Å². The number of hydrogen-bond donors (Lipinski definition) is 0. The summed E-state index contributed by atoms with van der Waals surface area (Å²) in [5, 5.41) is 0. The van der Waals surface area contributed by atoms with E-state index >= 15 is 0 Å². The first-order chi connectivity index (χ1) is 10.2. The number of hydrogen-bond acceptors (Lipinski definition) is 0. The predicted molar refractivity (Wildman–Crippen MR) is 106 cm³/mol. The molecule has 0 radical (unpaired) electrons. The second-order valence-electron chi connectivity index (χ2n) is 5.94. The van der Waals surface area contributed by atoms with Crippen LogP contribution in [0.4, 0.5) is 0 Å². The molecule has 6 heteroatoms. The first-order valence-corrected chi connectivity index (χ1v) is 18.7. The fourth-order valence-electron chi connectivity index (χ4n) is 2.64. The van der Waals surface area contributed by atoms with Crippen molar-refractivity contribution in [3.8, 4) is 0 Å². The topological polar surface area (TPSA) is 0 Å². The van der Waals surface area contributed by atoms with Crippen molar-refractivity contribution >= 4 is 42.7 Å². The third-order valence-electron chi connectivity index (χ3n) is 3.94. The molecule has 1 nitrogen and oxygen atoms in total. The Morgan fingerprint density at radius 2 is 0.818 bits per heavy atom. The Labute approximate surface area is 161 Å². The zero-order chi connectivity index (χ0) is 17.5. The molecule has 0 aromatic carbocycles. The molecule has 0 spiro atoms. The average Bonchev–Trinajstić information content (AvgIpc) is 2.44. The average molecular weight is 532 g/mol. The molecule has 0 aromatic heterocycles. The molecule has 0 saturated heterocycles. The molecule has 0 fully saturated rings. The monoisotopic (exact) mass is 529 g/mol. The van der Waals surface area contributed by atoms with Gasteiger partial charge in [0.05, 0.1) is 26.2 Å². The normalized spacial score (nSPS) is 12.7. The summed E-state index contributed by atoms with van der Waals surface area (Å²) in [4.78, 5) is 0. The Morgan fingerprint density at radius 3 is 0.955 bits per heavy atom. The predicted octanol–water partition coefficient (Wildman–Crippen LogP) is 7.92. The number of halogens is 4. The standard InChI is InChI=1S/C16H36N.BrH.3ClH.Rh/c1-5-9-13-17(14-10-6-2,15-11-7-3)16-12-8-4;;;;;/h5-16H2,1-4H3;4*1H;/q+1;;;;;+4/p-4. The Kier molecular flexibility index (Phi) is 19.5. The van der Waals surface area contributed by atoms with Crippen LogP contribution >= 0.6 is 42.7 Å². The minimum absolute atomic E-state index is 1.35. The summed E-state index contributed by atoms with van der Waals surface area (Å²) in [6, 6.07) is 0. The van der Waals surface area contributed by atoms with E-state index in [2.05, 4.69) is 41.3 Å². The van der Waals surface area contributed by atoms with Gasteiger partial charge in [-0.1, -0.05) is 53.4 Å². The van der Waals surface area contributed by atoms with Gasteiger partial charge < -0.3 is 4.48 Å². The summed E-state index contributed by atoms with van der Waals surface area (Å²) >= 11 is 2.83. The Morgan fingerprint density at radius 1 is 0.636 bits per heavy atom. The van der Waals surface area contributed by atoms with E-state index < -0.39 is 9.84 Å². The fourth-order valence-corrected chi connectivity index (χ4v) is 2.64. The molecule has 0 unspecified atom stereocenters. The van der Waals surface area contributed by atoms with Gasteiger partial charge in [0, 0.05) is 0 Å². The fraction of sp³-hybridized carbons (Fsp3) is 1.00. The molecule has 0 aliphatic heterocycles. The second-order valence-corrected chi connectivity index (χ2v) is 26.4. The number of quaternary nitrogens is 1. The van der Waals surface area contributed by atoms with Crippen molar-refractivity contribution < 1.29 is 14.3 Å². The van der Waals surface area contributed by atoms with Gasteiger partial charge in [0.2, 0.25) is 0 Å². The van der Waals surface area contributed by atoms with E-state index in [1.54, 1.807) is 0 Å². The van der Waals surface area contributed by atoms with Gasteiger partial charge in [-0.25, -0.2) is 0 Å². The molecule has 0 bridgehead atoms. The van der Waals surface area contributed by atoms with Crippen LogP contribution in [0.2, 0.25) is 0 Å². The maximum absolute atomic E-state index is 5.14. The Bertz CT molecular complexity index is 194. The van der Waals surface area contributed by atoms with Crippen molar-refractivity contribution in [2.24, 2.45) is 0 Å². The second kappa shape index (κ2) is 16.4. The van der Waals surface area contributed by atoms with E-state index in [1.165, 1.54) is 82.0 Å². The van der Waals surface area contributed by atoms with Crippen LogP contribution in [-0.4, -0.2) is 30.7 Å². The summed E-state index contributed by atoms with van der Waals surface area (Å²) in [6.07, 6.45) is 11.1. The summed E-state index contributed by atoms with van der Waals surface area (Å²) in [5.41, 5.74) is 0. The van der Waals surface area contributed by atoms with Crippen LogP contribution in [0.3, 0.4) is 0 Å². The van der Waals surface area contributed by atoms with E-state index in [0.717, 1.165) is 0 Å². The molecule has 0 amide bonds.